The predicted molar refractivity (Wildman–Crippen MR) is 73.4 cm³/mol. The Labute approximate surface area is 111 Å². The summed E-state index contributed by atoms with van der Waals surface area (Å²) in [6, 6.07) is -0.127. The highest BCUT2D eigenvalue weighted by Crippen LogP contribution is 2.22. The van der Waals surface area contributed by atoms with Crippen LogP contribution in [0.5, 0.6) is 0 Å². The summed E-state index contributed by atoms with van der Waals surface area (Å²) in [5, 5.41) is 13.1. The Hall–Kier alpha value is -0.610. The molecule has 1 fully saturated rings. The van der Waals surface area contributed by atoms with E-state index in [2.05, 4.69) is 10.2 Å². The van der Waals surface area contributed by atoms with Crippen molar-refractivity contribution >= 4 is 5.91 Å². The summed E-state index contributed by atoms with van der Waals surface area (Å²) in [6.07, 6.45) is 2.50. The second kappa shape index (κ2) is 5.57. The molecule has 0 spiro atoms. The van der Waals surface area contributed by atoms with Crippen LogP contribution in [0.1, 0.15) is 53.9 Å². The molecule has 0 bridgehead atoms. The lowest BCUT2D eigenvalue weighted by molar-refractivity contribution is -0.127. The maximum atomic E-state index is 12.1. The van der Waals surface area contributed by atoms with Gasteiger partial charge < -0.3 is 10.4 Å². The van der Waals surface area contributed by atoms with Gasteiger partial charge in [-0.1, -0.05) is 0 Å². The summed E-state index contributed by atoms with van der Waals surface area (Å²) < 4.78 is 0. The Morgan fingerprint density at radius 3 is 2.50 bits per heavy atom. The molecule has 106 valence electrons. The summed E-state index contributed by atoms with van der Waals surface area (Å²) >= 11 is 0. The first-order valence-corrected chi connectivity index (χ1v) is 6.89. The van der Waals surface area contributed by atoms with Gasteiger partial charge in [-0.3, -0.25) is 9.69 Å². The molecule has 4 heteroatoms. The zero-order valence-electron chi connectivity index (χ0n) is 12.4. The van der Waals surface area contributed by atoms with Crippen molar-refractivity contribution in [2.75, 3.05) is 13.1 Å². The van der Waals surface area contributed by atoms with E-state index in [1.54, 1.807) is 0 Å². The SMILES string of the molecule is CC(C(=O)NC(C)(C)C)N1CCCC(C)(O)CC1. The topological polar surface area (TPSA) is 52.6 Å². The third-order valence-electron chi connectivity index (χ3n) is 3.52. The van der Waals surface area contributed by atoms with Crippen molar-refractivity contribution < 1.29 is 9.90 Å². The lowest BCUT2D eigenvalue weighted by Gasteiger charge is -2.30. The van der Waals surface area contributed by atoms with Crippen molar-refractivity contribution in [3.63, 3.8) is 0 Å². The number of hydrogen-bond donors (Lipinski definition) is 2. The maximum absolute atomic E-state index is 12.1. The van der Waals surface area contributed by atoms with E-state index in [4.69, 9.17) is 0 Å². The fraction of sp³-hybridized carbons (Fsp3) is 0.929. The Morgan fingerprint density at radius 2 is 1.94 bits per heavy atom. The number of nitrogens with one attached hydrogen (secondary N) is 1. The minimum Gasteiger partial charge on any atom is -0.390 e. The van der Waals surface area contributed by atoms with E-state index in [0.29, 0.717) is 0 Å². The molecule has 4 nitrogen and oxygen atoms in total. The van der Waals surface area contributed by atoms with Crippen LogP contribution < -0.4 is 5.32 Å². The standard InChI is InChI=1S/C14H28N2O2/c1-11(12(17)15-13(2,3)4)16-9-6-7-14(5,18)8-10-16/h11,18H,6-10H2,1-5H3,(H,15,17). The molecule has 2 unspecified atom stereocenters. The molecule has 0 aromatic rings. The monoisotopic (exact) mass is 256 g/mol. The van der Waals surface area contributed by atoms with Crippen LogP contribution in [0.3, 0.4) is 0 Å². The molecule has 0 radical (unpaired) electrons. The fourth-order valence-electron chi connectivity index (χ4n) is 2.31. The molecule has 0 aliphatic carbocycles. The summed E-state index contributed by atoms with van der Waals surface area (Å²) in [6.45, 7) is 11.5. The molecule has 1 heterocycles. The van der Waals surface area contributed by atoms with Crippen LogP contribution in [0.25, 0.3) is 0 Å². The quantitative estimate of drug-likeness (QED) is 0.788. The van der Waals surface area contributed by atoms with E-state index in [-0.39, 0.29) is 17.5 Å². The van der Waals surface area contributed by atoms with Crippen LogP contribution in [0.2, 0.25) is 0 Å². The molecule has 0 aromatic heterocycles. The fourth-order valence-corrected chi connectivity index (χ4v) is 2.31. The van der Waals surface area contributed by atoms with Gasteiger partial charge in [0.05, 0.1) is 11.6 Å². The molecular weight excluding hydrogens is 228 g/mol. The van der Waals surface area contributed by atoms with E-state index in [1.165, 1.54) is 0 Å². The van der Waals surface area contributed by atoms with Crippen molar-refractivity contribution in [3.05, 3.63) is 0 Å². The number of hydrogen-bond acceptors (Lipinski definition) is 3. The molecule has 1 aliphatic heterocycles. The first kappa shape index (κ1) is 15.4. The van der Waals surface area contributed by atoms with Crippen molar-refractivity contribution in [2.24, 2.45) is 0 Å². The van der Waals surface area contributed by atoms with Gasteiger partial charge in [0.25, 0.3) is 0 Å². The van der Waals surface area contributed by atoms with Gasteiger partial charge >= 0.3 is 0 Å². The van der Waals surface area contributed by atoms with Gasteiger partial charge in [0.1, 0.15) is 0 Å². The van der Waals surface area contributed by atoms with Crippen LogP contribution in [0.4, 0.5) is 0 Å². The number of amides is 1. The number of rotatable bonds is 2. The minimum absolute atomic E-state index is 0.0732. The molecule has 0 aromatic carbocycles. The Balaban J connectivity index is 2.56. The second-order valence-electron chi connectivity index (χ2n) is 6.80. The average Bonchev–Trinajstić information content (AvgIpc) is 2.35. The molecule has 1 amide bonds. The molecule has 18 heavy (non-hydrogen) atoms. The van der Waals surface area contributed by atoms with Crippen molar-refractivity contribution in [2.45, 2.75) is 71.1 Å². The van der Waals surface area contributed by atoms with E-state index < -0.39 is 5.60 Å². The largest absolute Gasteiger partial charge is 0.390 e. The number of carbonyl (C=O) groups is 1. The Kier molecular flexibility index (Phi) is 4.78. The molecule has 0 saturated carbocycles. The third-order valence-corrected chi connectivity index (χ3v) is 3.52. The highest BCUT2D eigenvalue weighted by molar-refractivity contribution is 5.81. The van der Waals surface area contributed by atoms with E-state index in [0.717, 1.165) is 32.4 Å². The summed E-state index contributed by atoms with van der Waals surface area (Å²) in [5.74, 6) is 0.0732. The maximum Gasteiger partial charge on any atom is 0.237 e. The number of likely N-dealkylation sites (tertiary alicyclic amines) is 1. The normalized spacial score (nSPS) is 28.6. The van der Waals surface area contributed by atoms with E-state index in [9.17, 15) is 9.90 Å². The second-order valence-corrected chi connectivity index (χ2v) is 6.80. The van der Waals surface area contributed by atoms with E-state index in [1.807, 2.05) is 34.6 Å². The summed E-state index contributed by atoms with van der Waals surface area (Å²) in [7, 11) is 0. The lowest BCUT2D eigenvalue weighted by Crippen LogP contribution is -2.51. The number of aliphatic hydroxyl groups is 1. The van der Waals surface area contributed by atoms with Crippen LogP contribution in [0, 0.1) is 0 Å². The first-order valence-electron chi connectivity index (χ1n) is 6.89. The lowest BCUT2D eigenvalue weighted by atomic mass is 9.98. The predicted octanol–water partition coefficient (Wildman–Crippen LogP) is 1.53. The number of nitrogens with zero attached hydrogens (tertiary/aromatic N) is 1. The summed E-state index contributed by atoms with van der Waals surface area (Å²) in [4.78, 5) is 14.3. The third kappa shape index (κ3) is 4.94. The molecule has 2 atom stereocenters. The average molecular weight is 256 g/mol. The zero-order valence-corrected chi connectivity index (χ0v) is 12.4. The van der Waals surface area contributed by atoms with Gasteiger partial charge in [0, 0.05) is 12.1 Å². The van der Waals surface area contributed by atoms with Crippen molar-refractivity contribution in [3.8, 4) is 0 Å². The van der Waals surface area contributed by atoms with Crippen LogP contribution in [0.15, 0.2) is 0 Å². The van der Waals surface area contributed by atoms with Crippen molar-refractivity contribution in [1.82, 2.24) is 10.2 Å². The number of carbonyl (C=O) groups excluding carboxylic acids is 1. The Morgan fingerprint density at radius 1 is 1.33 bits per heavy atom. The highest BCUT2D eigenvalue weighted by atomic mass is 16.3. The minimum atomic E-state index is -0.574. The zero-order chi connectivity index (χ0) is 14.0. The molecule has 1 saturated heterocycles. The van der Waals surface area contributed by atoms with Gasteiger partial charge in [0.15, 0.2) is 0 Å². The van der Waals surface area contributed by atoms with Crippen LogP contribution in [-0.2, 0) is 4.79 Å². The van der Waals surface area contributed by atoms with Crippen LogP contribution >= 0.6 is 0 Å². The van der Waals surface area contributed by atoms with E-state index >= 15 is 0 Å². The van der Waals surface area contributed by atoms with Gasteiger partial charge in [-0.15, -0.1) is 0 Å². The summed E-state index contributed by atoms with van der Waals surface area (Å²) in [5.41, 5.74) is -0.766. The van der Waals surface area contributed by atoms with Gasteiger partial charge in [-0.25, -0.2) is 0 Å². The first-order chi connectivity index (χ1) is 8.11. The van der Waals surface area contributed by atoms with Gasteiger partial charge in [-0.2, -0.15) is 0 Å². The highest BCUT2D eigenvalue weighted by Gasteiger charge is 2.30. The van der Waals surface area contributed by atoms with Crippen molar-refractivity contribution in [1.29, 1.82) is 0 Å². The molecular formula is C14H28N2O2. The molecule has 2 N–H and O–H groups in total. The van der Waals surface area contributed by atoms with Gasteiger partial charge in [-0.05, 0) is 60.4 Å². The van der Waals surface area contributed by atoms with Gasteiger partial charge in [0.2, 0.25) is 5.91 Å². The molecule has 1 rings (SSSR count). The smallest absolute Gasteiger partial charge is 0.237 e. The molecule has 1 aliphatic rings. The van der Waals surface area contributed by atoms with Crippen LogP contribution in [-0.4, -0.2) is 46.2 Å². The Bertz CT molecular complexity index is 295.